The van der Waals surface area contributed by atoms with Gasteiger partial charge in [-0.3, -0.25) is 9.69 Å². The molecule has 0 atom stereocenters. The minimum absolute atomic E-state index is 0.133. The third-order valence-electron chi connectivity index (χ3n) is 5.55. The minimum atomic E-state index is -3.54. The molecule has 0 saturated carbocycles. The Bertz CT molecular complexity index is 1070. The molecule has 2 heterocycles. The van der Waals surface area contributed by atoms with Crippen LogP contribution in [0, 0.1) is 20.8 Å². The van der Waals surface area contributed by atoms with Gasteiger partial charge < -0.3 is 9.72 Å². The predicted octanol–water partition coefficient (Wildman–Crippen LogP) is 2.31. The number of Topliss-reactive ketones (excluding diaryl/α,β-unsaturated/α-hetero) is 1. The van der Waals surface area contributed by atoms with E-state index >= 15 is 0 Å². The van der Waals surface area contributed by atoms with Gasteiger partial charge >= 0.3 is 5.97 Å². The van der Waals surface area contributed by atoms with Crippen molar-refractivity contribution in [1.29, 1.82) is 0 Å². The molecule has 0 spiro atoms. The summed E-state index contributed by atoms with van der Waals surface area (Å²) in [4.78, 5) is 30.2. The summed E-state index contributed by atoms with van der Waals surface area (Å²) >= 11 is 0. The molecule has 0 aliphatic carbocycles. The molecule has 3 rings (SSSR count). The Labute approximate surface area is 183 Å². The van der Waals surface area contributed by atoms with Crippen molar-refractivity contribution >= 4 is 21.8 Å². The summed E-state index contributed by atoms with van der Waals surface area (Å²) in [5, 5.41) is 0. The van der Waals surface area contributed by atoms with E-state index < -0.39 is 16.0 Å². The highest BCUT2D eigenvalue weighted by atomic mass is 32.2. The number of benzene rings is 1. The molecule has 1 aliphatic rings. The van der Waals surface area contributed by atoms with Crippen molar-refractivity contribution < 1.29 is 22.7 Å². The van der Waals surface area contributed by atoms with Crippen LogP contribution in [-0.4, -0.2) is 73.7 Å². The molecule has 0 amide bonds. The third kappa shape index (κ3) is 4.89. The van der Waals surface area contributed by atoms with Crippen LogP contribution >= 0.6 is 0 Å². The summed E-state index contributed by atoms with van der Waals surface area (Å²) in [5.74, 6) is -0.575. The first kappa shape index (κ1) is 23.2. The van der Waals surface area contributed by atoms with Crippen LogP contribution in [0.3, 0.4) is 0 Å². The molecule has 0 radical (unpaired) electrons. The number of aromatic amines is 1. The van der Waals surface area contributed by atoms with E-state index in [1.807, 2.05) is 11.8 Å². The molecule has 1 N–H and O–H groups in total. The van der Waals surface area contributed by atoms with Crippen LogP contribution < -0.4 is 0 Å². The first-order valence-corrected chi connectivity index (χ1v) is 11.8. The molecular formula is C22H29N3O5S. The van der Waals surface area contributed by atoms with E-state index in [-0.39, 0.29) is 23.8 Å². The van der Waals surface area contributed by atoms with Gasteiger partial charge in [-0.25, -0.2) is 13.2 Å². The molecule has 0 bridgehead atoms. The average Bonchev–Trinajstić information content (AvgIpc) is 3.03. The number of piperazine rings is 1. The average molecular weight is 448 g/mol. The number of aryl methyl sites for hydroxylation is 2. The lowest BCUT2D eigenvalue weighted by Gasteiger charge is -2.33. The number of H-pyrrole nitrogens is 1. The minimum Gasteiger partial charge on any atom is -0.462 e. The van der Waals surface area contributed by atoms with Gasteiger partial charge in [0.15, 0.2) is 5.78 Å². The molecule has 168 valence electrons. The first-order valence-electron chi connectivity index (χ1n) is 10.3. The standard InChI is InChI=1S/C22H29N3O5S/c1-5-30-22(27)20-16(3)21(23-17(20)4)19(26)14-24-10-12-25(13-11-24)31(28,29)18-8-6-15(2)7-9-18/h6-9,23H,5,10-14H2,1-4H3. The van der Waals surface area contributed by atoms with Crippen LogP contribution in [0.25, 0.3) is 0 Å². The fourth-order valence-corrected chi connectivity index (χ4v) is 5.23. The van der Waals surface area contributed by atoms with Crippen LogP contribution in [-0.2, 0) is 14.8 Å². The van der Waals surface area contributed by atoms with Gasteiger partial charge in [-0.15, -0.1) is 0 Å². The number of rotatable bonds is 7. The van der Waals surface area contributed by atoms with Crippen LogP contribution in [0.4, 0.5) is 0 Å². The second-order valence-corrected chi connectivity index (χ2v) is 9.70. The van der Waals surface area contributed by atoms with Crippen molar-refractivity contribution in [1.82, 2.24) is 14.2 Å². The van der Waals surface area contributed by atoms with Crippen molar-refractivity contribution in [2.24, 2.45) is 0 Å². The molecular weight excluding hydrogens is 418 g/mol. The number of carbonyl (C=O) groups is 2. The second-order valence-electron chi connectivity index (χ2n) is 7.76. The Kier molecular flexibility index (Phi) is 6.98. The number of hydrogen-bond donors (Lipinski definition) is 1. The molecule has 9 heteroatoms. The van der Waals surface area contributed by atoms with Gasteiger partial charge in [0.1, 0.15) is 0 Å². The number of nitrogens with zero attached hydrogens (tertiary/aromatic N) is 2. The zero-order chi connectivity index (χ0) is 22.8. The van der Waals surface area contributed by atoms with Crippen LogP contribution in [0.5, 0.6) is 0 Å². The molecule has 1 fully saturated rings. The number of hydrogen-bond acceptors (Lipinski definition) is 6. The van der Waals surface area contributed by atoms with Gasteiger partial charge in [0, 0.05) is 31.9 Å². The number of sulfonamides is 1. The summed E-state index contributed by atoms with van der Waals surface area (Å²) in [6, 6.07) is 6.82. The highest BCUT2D eigenvalue weighted by Crippen LogP contribution is 2.21. The topological polar surface area (TPSA) is 99.8 Å². The van der Waals surface area contributed by atoms with E-state index in [0.29, 0.717) is 48.7 Å². The fourth-order valence-electron chi connectivity index (χ4n) is 3.81. The SMILES string of the molecule is CCOC(=O)c1c(C)[nH]c(C(=O)CN2CCN(S(=O)(=O)c3ccc(C)cc3)CC2)c1C. The number of ketones is 1. The molecule has 1 aliphatic heterocycles. The van der Waals surface area contributed by atoms with Gasteiger partial charge in [0.2, 0.25) is 10.0 Å². The molecule has 8 nitrogen and oxygen atoms in total. The van der Waals surface area contributed by atoms with Crippen LogP contribution in [0.1, 0.15) is 44.6 Å². The quantitative estimate of drug-likeness (QED) is 0.516. The maximum atomic E-state index is 12.9. The maximum Gasteiger partial charge on any atom is 0.340 e. The fraction of sp³-hybridized carbons (Fsp3) is 0.455. The van der Waals surface area contributed by atoms with Gasteiger partial charge in [-0.05, 0) is 45.4 Å². The normalized spacial score (nSPS) is 15.7. The van der Waals surface area contributed by atoms with Crippen LogP contribution in [0.15, 0.2) is 29.2 Å². The van der Waals surface area contributed by atoms with E-state index in [2.05, 4.69) is 4.98 Å². The Morgan fingerprint density at radius 3 is 2.23 bits per heavy atom. The molecule has 1 aromatic heterocycles. The van der Waals surface area contributed by atoms with Crippen LogP contribution in [0.2, 0.25) is 0 Å². The largest absolute Gasteiger partial charge is 0.462 e. The van der Waals surface area contributed by atoms with Crippen molar-refractivity contribution in [2.45, 2.75) is 32.6 Å². The van der Waals surface area contributed by atoms with Crippen molar-refractivity contribution in [3.05, 3.63) is 52.3 Å². The number of ether oxygens (including phenoxy) is 1. The van der Waals surface area contributed by atoms with Gasteiger partial charge in [0.05, 0.1) is 29.3 Å². The Morgan fingerprint density at radius 1 is 1.03 bits per heavy atom. The predicted molar refractivity (Wildman–Crippen MR) is 117 cm³/mol. The molecule has 31 heavy (non-hydrogen) atoms. The lowest BCUT2D eigenvalue weighted by atomic mass is 10.1. The summed E-state index contributed by atoms with van der Waals surface area (Å²) in [6.07, 6.45) is 0. The highest BCUT2D eigenvalue weighted by Gasteiger charge is 2.30. The number of esters is 1. The van der Waals surface area contributed by atoms with Gasteiger partial charge in [-0.2, -0.15) is 4.31 Å². The Hall–Kier alpha value is -2.49. The van der Waals surface area contributed by atoms with Crippen molar-refractivity contribution in [3.63, 3.8) is 0 Å². The third-order valence-corrected chi connectivity index (χ3v) is 7.47. The summed E-state index contributed by atoms with van der Waals surface area (Å²) in [6.45, 7) is 9.10. The van der Waals surface area contributed by atoms with Crippen molar-refractivity contribution in [2.75, 3.05) is 39.3 Å². The molecule has 1 aromatic carbocycles. The highest BCUT2D eigenvalue weighted by molar-refractivity contribution is 7.89. The molecule has 2 aromatic rings. The number of carbonyl (C=O) groups excluding carboxylic acids is 2. The van der Waals surface area contributed by atoms with Gasteiger partial charge in [0.25, 0.3) is 0 Å². The van der Waals surface area contributed by atoms with Gasteiger partial charge in [-0.1, -0.05) is 17.7 Å². The lowest BCUT2D eigenvalue weighted by molar-refractivity contribution is 0.0525. The zero-order valence-corrected chi connectivity index (χ0v) is 19.2. The van der Waals surface area contributed by atoms with E-state index in [0.717, 1.165) is 5.56 Å². The lowest BCUT2D eigenvalue weighted by Crippen LogP contribution is -2.49. The van der Waals surface area contributed by atoms with E-state index in [1.165, 1.54) is 4.31 Å². The van der Waals surface area contributed by atoms with E-state index in [4.69, 9.17) is 4.74 Å². The molecule has 0 unspecified atom stereocenters. The smallest absolute Gasteiger partial charge is 0.340 e. The Morgan fingerprint density at radius 2 is 1.65 bits per heavy atom. The maximum absolute atomic E-state index is 12.9. The summed E-state index contributed by atoms with van der Waals surface area (Å²) in [7, 11) is -3.54. The zero-order valence-electron chi connectivity index (χ0n) is 18.4. The monoisotopic (exact) mass is 447 g/mol. The van der Waals surface area contributed by atoms with Crippen molar-refractivity contribution in [3.8, 4) is 0 Å². The van der Waals surface area contributed by atoms with E-state index in [1.54, 1.807) is 45.0 Å². The summed E-state index contributed by atoms with van der Waals surface area (Å²) in [5.41, 5.74) is 2.99. The number of nitrogens with one attached hydrogen (secondary N) is 1. The second kappa shape index (κ2) is 9.33. The summed E-state index contributed by atoms with van der Waals surface area (Å²) < 4.78 is 32.2. The van der Waals surface area contributed by atoms with E-state index in [9.17, 15) is 18.0 Å². The number of aromatic nitrogens is 1. The first-order chi connectivity index (χ1) is 14.6. The molecule has 1 saturated heterocycles. The Balaban J connectivity index is 1.64.